The molecule has 0 spiro atoms. The summed E-state index contributed by atoms with van der Waals surface area (Å²) in [6.45, 7) is 3.76. The van der Waals surface area contributed by atoms with Crippen molar-refractivity contribution in [2.24, 2.45) is 4.99 Å². The Hall–Kier alpha value is -2.69. The topological polar surface area (TPSA) is 41.9 Å². The largest absolute Gasteiger partial charge is 0.465 e. The molecule has 5 heteroatoms. The SMILES string of the molecule is COC(=O)c1cccc(N=Cc2cc(F)c(N3CCCC3)cc2C)c1. The molecule has 25 heavy (non-hydrogen) atoms. The van der Waals surface area contributed by atoms with Crippen LogP contribution < -0.4 is 4.90 Å². The first kappa shape index (κ1) is 17.1. The van der Waals surface area contributed by atoms with Crippen molar-refractivity contribution < 1.29 is 13.9 Å². The molecule has 0 aliphatic carbocycles. The van der Waals surface area contributed by atoms with Gasteiger partial charge in [-0.25, -0.2) is 9.18 Å². The number of nitrogens with zero attached hydrogens (tertiary/aromatic N) is 2. The number of ether oxygens (including phenoxy) is 1. The van der Waals surface area contributed by atoms with Gasteiger partial charge in [-0.3, -0.25) is 4.99 Å². The Labute approximate surface area is 146 Å². The minimum absolute atomic E-state index is 0.225. The van der Waals surface area contributed by atoms with Gasteiger partial charge >= 0.3 is 5.97 Å². The summed E-state index contributed by atoms with van der Waals surface area (Å²) in [7, 11) is 1.34. The van der Waals surface area contributed by atoms with Gasteiger partial charge in [-0.05, 0) is 61.2 Å². The molecule has 0 atom stereocenters. The van der Waals surface area contributed by atoms with Crippen LogP contribution in [0.3, 0.4) is 0 Å². The molecule has 1 saturated heterocycles. The van der Waals surface area contributed by atoms with Crippen LogP contribution in [0.2, 0.25) is 0 Å². The standard InChI is InChI=1S/C20H21FN2O2/c1-14-10-19(23-8-3-4-9-23)18(21)12-16(14)13-22-17-7-5-6-15(11-17)20(24)25-2/h5-7,10-13H,3-4,8-9H2,1-2H3. The Morgan fingerprint density at radius 3 is 2.72 bits per heavy atom. The average molecular weight is 340 g/mol. The van der Waals surface area contributed by atoms with Crippen LogP contribution in [-0.2, 0) is 4.74 Å². The van der Waals surface area contributed by atoms with Crippen LogP contribution in [-0.4, -0.2) is 32.4 Å². The van der Waals surface area contributed by atoms with E-state index in [1.807, 2.05) is 13.0 Å². The lowest BCUT2D eigenvalue weighted by Crippen LogP contribution is -2.19. The van der Waals surface area contributed by atoms with Crippen molar-refractivity contribution in [1.82, 2.24) is 0 Å². The maximum Gasteiger partial charge on any atom is 0.337 e. The predicted molar refractivity (Wildman–Crippen MR) is 97.6 cm³/mol. The zero-order valence-corrected chi connectivity index (χ0v) is 14.5. The molecule has 3 rings (SSSR count). The molecule has 1 fully saturated rings. The Kier molecular flexibility index (Phi) is 5.12. The van der Waals surface area contributed by atoms with Crippen molar-refractivity contribution in [2.45, 2.75) is 19.8 Å². The van der Waals surface area contributed by atoms with E-state index in [2.05, 4.69) is 9.89 Å². The number of halogens is 1. The van der Waals surface area contributed by atoms with Gasteiger partial charge in [0.25, 0.3) is 0 Å². The van der Waals surface area contributed by atoms with Crippen molar-refractivity contribution in [3.05, 3.63) is 58.9 Å². The van der Waals surface area contributed by atoms with E-state index >= 15 is 0 Å². The van der Waals surface area contributed by atoms with Gasteiger partial charge in [0, 0.05) is 19.3 Å². The van der Waals surface area contributed by atoms with Crippen molar-refractivity contribution in [3.63, 3.8) is 0 Å². The fourth-order valence-corrected chi connectivity index (χ4v) is 3.00. The summed E-state index contributed by atoms with van der Waals surface area (Å²) in [6, 6.07) is 10.2. The molecule has 0 aromatic heterocycles. The second kappa shape index (κ2) is 7.47. The van der Waals surface area contributed by atoms with Crippen molar-refractivity contribution in [2.75, 3.05) is 25.1 Å². The normalized spacial score (nSPS) is 14.3. The summed E-state index contributed by atoms with van der Waals surface area (Å²) in [4.78, 5) is 18.0. The summed E-state index contributed by atoms with van der Waals surface area (Å²) < 4.78 is 19.2. The number of hydrogen-bond donors (Lipinski definition) is 0. The molecule has 130 valence electrons. The molecule has 2 aromatic rings. The Bertz CT molecular complexity index is 811. The third-order valence-electron chi connectivity index (χ3n) is 4.40. The van der Waals surface area contributed by atoms with E-state index in [-0.39, 0.29) is 5.82 Å². The smallest absolute Gasteiger partial charge is 0.337 e. The molecule has 0 radical (unpaired) electrons. The molecule has 0 unspecified atom stereocenters. The number of anilines is 1. The monoisotopic (exact) mass is 340 g/mol. The van der Waals surface area contributed by atoms with Crippen LogP contribution in [0.15, 0.2) is 41.4 Å². The highest BCUT2D eigenvalue weighted by molar-refractivity contribution is 5.91. The van der Waals surface area contributed by atoms with E-state index in [9.17, 15) is 9.18 Å². The van der Waals surface area contributed by atoms with Gasteiger partial charge in [0.15, 0.2) is 0 Å². The van der Waals surface area contributed by atoms with Gasteiger partial charge in [-0.2, -0.15) is 0 Å². The molecule has 2 aromatic carbocycles. The quantitative estimate of drug-likeness (QED) is 0.616. The molecular formula is C20H21FN2O2. The fourth-order valence-electron chi connectivity index (χ4n) is 3.00. The first-order chi connectivity index (χ1) is 12.1. The van der Waals surface area contributed by atoms with Crippen LogP contribution >= 0.6 is 0 Å². The Morgan fingerprint density at radius 1 is 1.24 bits per heavy atom. The van der Waals surface area contributed by atoms with Gasteiger partial charge < -0.3 is 9.64 Å². The lowest BCUT2D eigenvalue weighted by Gasteiger charge is -2.19. The summed E-state index contributed by atoms with van der Waals surface area (Å²) >= 11 is 0. The summed E-state index contributed by atoms with van der Waals surface area (Å²) in [5.41, 5.74) is 3.41. The number of esters is 1. The number of carbonyl (C=O) groups is 1. The molecule has 1 heterocycles. The van der Waals surface area contributed by atoms with Crippen LogP contribution in [0, 0.1) is 12.7 Å². The third kappa shape index (κ3) is 3.87. The number of hydrogen-bond acceptors (Lipinski definition) is 4. The van der Waals surface area contributed by atoms with Gasteiger partial charge in [0.05, 0.1) is 24.0 Å². The molecule has 0 bridgehead atoms. The Morgan fingerprint density at radius 2 is 2.00 bits per heavy atom. The highest BCUT2D eigenvalue weighted by atomic mass is 19.1. The molecule has 0 N–H and O–H groups in total. The highest BCUT2D eigenvalue weighted by Crippen LogP contribution is 2.26. The lowest BCUT2D eigenvalue weighted by molar-refractivity contribution is 0.0601. The van der Waals surface area contributed by atoms with Gasteiger partial charge in [-0.1, -0.05) is 6.07 Å². The fraction of sp³-hybridized carbons (Fsp3) is 0.300. The van der Waals surface area contributed by atoms with Gasteiger partial charge in [-0.15, -0.1) is 0 Å². The zero-order valence-electron chi connectivity index (χ0n) is 14.5. The maximum absolute atomic E-state index is 14.5. The number of aryl methyl sites for hydroxylation is 1. The van der Waals surface area contributed by atoms with Gasteiger partial charge in [0.1, 0.15) is 5.82 Å². The molecular weight excluding hydrogens is 319 g/mol. The van der Waals surface area contributed by atoms with E-state index in [1.165, 1.54) is 13.2 Å². The molecule has 0 saturated carbocycles. The van der Waals surface area contributed by atoms with E-state index in [4.69, 9.17) is 4.74 Å². The summed E-state index contributed by atoms with van der Waals surface area (Å²) in [6.07, 6.45) is 3.85. The van der Waals surface area contributed by atoms with E-state index in [1.54, 1.807) is 30.5 Å². The maximum atomic E-state index is 14.5. The molecule has 1 aliphatic heterocycles. The summed E-state index contributed by atoms with van der Waals surface area (Å²) in [5.74, 6) is -0.633. The van der Waals surface area contributed by atoms with E-state index in [0.717, 1.165) is 37.1 Å². The number of methoxy groups -OCH3 is 1. The van der Waals surface area contributed by atoms with Crippen LogP contribution in [0.5, 0.6) is 0 Å². The Balaban J connectivity index is 1.84. The van der Waals surface area contributed by atoms with E-state index in [0.29, 0.717) is 16.9 Å². The predicted octanol–water partition coefficient (Wildman–Crippen LogP) is 4.27. The number of carbonyl (C=O) groups excluding carboxylic acids is 1. The number of rotatable bonds is 4. The second-order valence-corrected chi connectivity index (χ2v) is 6.15. The van der Waals surface area contributed by atoms with Crippen LogP contribution in [0.4, 0.5) is 15.8 Å². The second-order valence-electron chi connectivity index (χ2n) is 6.15. The molecule has 4 nitrogen and oxygen atoms in total. The first-order valence-electron chi connectivity index (χ1n) is 8.36. The number of aliphatic imine (C=N–C) groups is 1. The highest BCUT2D eigenvalue weighted by Gasteiger charge is 2.17. The first-order valence-corrected chi connectivity index (χ1v) is 8.36. The van der Waals surface area contributed by atoms with Crippen LogP contribution in [0.25, 0.3) is 0 Å². The van der Waals surface area contributed by atoms with Crippen LogP contribution in [0.1, 0.15) is 34.3 Å². The average Bonchev–Trinajstić information content (AvgIpc) is 3.16. The minimum Gasteiger partial charge on any atom is -0.465 e. The van der Waals surface area contributed by atoms with E-state index < -0.39 is 5.97 Å². The van der Waals surface area contributed by atoms with Crippen molar-refractivity contribution in [3.8, 4) is 0 Å². The number of benzene rings is 2. The van der Waals surface area contributed by atoms with Crippen molar-refractivity contribution >= 4 is 23.6 Å². The lowest BCUT2D eigenvalue weighted by atomic mass is 10.1. The molecule has 1 aliphatic rings. The third-order valence-corrected chi connectivity index (χ3v) is 4.40. The molecule has 0 amide bonds. The van der Waals surface area contributed by atoms with Gasteiger partial charge in [0.2, 0.25) is 0 Å². The zero-order chi connectivity index (χ0) is 17.8. The summed E-state index contributed by atoms with van der Waals surface area (Å²) in [5, 5.41) is 0. The van der Waals surface area contributed by atoms with Crippen molar-refractivity contribution in [1.29, 1.82) is 0 Å². The minimum atomic E-state index is -0.408.